The predicted octanol–water partition coefficient (Wildman–Crippen LogP) is 5.30. The molecule has 164 valence electrons. The van der Waals surface area contributed by atoms with Gasteiger partial charge in [0.2, 0.25) is 5.91 Å². The standard InChI is InChI=1S/C22H25ClN4O2S2/c1-3-4-5-12-27-21(29)17-14-8-6-10-16(14)31-20(17)26-22(27)30-13(2)19(28)25-15-9-7-11-24-18(15)23/h7,9,11,13H,3-6,8,10,12H2,1-2H3,(H,25,28). The molecule has 1 aliphatic carbocycles. The lowest BCUT2D eigenvalue weighted by molar-refractivity contribution is -0.115. The summed E-state index contributed by atoms with van der Waals surface area (Å²) in [6.07, 6.45) is 7.70. The summed E-state index contributed by atoms with van der Waals surface area (Å²) in [5, 5.41) is 4.01. The Morgan fingerprint density at radius 1 is 1.39 bits per heavy atom. The molecule has 3 aromatic rings. The first-order valence-electron chi connectivity index (χ1n) is 10.6. The van der Waals surface area contributed by atoms with E-state index in [2.05, 4.69) is 17.2 Å². The first-order valence-corrected chi connectivity index (χ1v) is 12.7. The van der Waals surface area contributed by atoms with Crippen molar-refractivity contribution in [2.45, 2.75) is 69.3 Å². The molecule has 1 atom stereocenters. The van der Waals surface area contributed by atoms with Crippen molar-refractivity contribution in [2.75, 3.05) is 5.32 Å². The number of thiophene rings is 1. The van der Waals surface area contributed by atoms with Crippen molar-refractivity contribution in [3.8, 4) is 0 Å². The number of aryl methyl sites for hydroxylation is 2. The summed E-state index contributed by atoms with van der Waals surface area (Å²) < 4.78 is 1.77. The number of carbonyl (C=O) groups excluding carboxylic acids is 1. The van der Waals surface area contributed by atoms with Gasteiger partial charge in [-0.15, -0.1) is 11.3 Å². The number of pyridine rings is 1. The second-order valence-electron chi connectivity index (χ2n) is 7.69. The molecule has 9 heteroatoms. The van der Waals surface area contributed by atoms with Crippen LogP contribution in [0.5, 0.6) is 0 Å². The minimum absolute atomic E-state index is 0.0333. The van der Waals surface area contributed by atoms with Gasteiger partial charge in [-0.3, -0.25) is 14.2 Å². The third kappa shape index (κ3) is 4.66. The van der Waals surface area contributed by atoms with Crippen molar-refractivity contribution in [2.24, 2.45) is 0 Å². The lowest BCUT2D eigenvalue weighted by Crippen LogP contribution is -2.27. The van der Waals surface area contributed by atoms with Crippen molar-refractivity contribution in [3.63, 3.8) is 0 Å². The van der Waals surface area contributed by atoms with Crippen LogP contribution < -0.4 is 10.9 Å². The molecule has 6 nitrogen and oxygen atoms in total. The number of thioether (sulfide) groups is 1. The number of aromatic nitrogens is 3. The maximum atomic E-state index is 13.4. The van der Waals surface area contributed by atoms with E-state index in [4.69, 9.17) is 16.6 Å². The van der Waals surface area contributed by atoms with E-state index in [1.807, 2.05) is 6.92 Å². The van der Waals surface area contributed by atoms with E-state index in [0.29, 0.717) is 17.4 Å². The van der Waals surface area contributed by atoms with Gasteiger partial charge in [-0.05, 0) is 50.3 Å². The molecular weight excluding hydrogens is 452 g/mol. The van der Waals surface area contributed by atoms with Gasteiger partial charge in [-0.2, -0.15) is 0 Å². The first kappa shape index (κ1) is 22.3. The zero-order chi connectivity index (χ0) is 22.0. The highest BCUT2D eigenvalue weighted by atomic mass is 35.5. The Balaban J connectivity index is 1.63. The molecule has 3 aromatic heterocycles. The molecular formula is C22H25ClN4O2S2. The number of anilines is 1. The molecule has 0 fully saturated rings. The van der Waals surface area contributed by atoms with E-state index in [1.165, 1.54) is 22.2 Å². The number of fused-ring (bicyclic) bond motifs is 3. The fraction of sp³-hybridized carbons (Fsp3) is 0.455. The fourth-order valence-electron chi connectivity index (χ4n) is 3.79. The van der Waals surface area contributed by atoms with Gasteiger partial charge in [-0.1, -0.05) is 43.1 Å². The second kappa shape index (κ2) is 9.71. The van der Waals surface area contributed by atoms with E-state index in [9.17, 15) is 9.59 Å². The summed E-state index contributed by atoms with van der Waals surface area (Å²) in [5.41, 5.74) is 1.70. The quantitative estimate of drug-likeness (QED) is 0.206. The van der Waals surface area contributed by atoms with Gasteiger partial charge in [0.1, 0.15) is 4.83 Å². The van der Waals surface area contributed by atoms with Gasteiger partial charge in [0.05, 0.1) is 16.3 Å². The Labute approximate surface area is 194 Å². The molecule has 1 N–H and O–H groups in total. The van der Waals surface area contributed by atoms with Crippen molar-refractivity contribution in [1.29, 1.82) is 0 Å². The maximum Gasteiger partial charge on any atom is 0.263 e. The monoisotopic (exact) mass is 476 g/mol. The van der Waals surface area contributed by atoms with E-state index in [1.54, 1.807) is 34.2 Å². The van der Waals surface area contributed by atoms with Crippen LogP contribution >= 0.6 is 34.7 Å². The summed E-state index contributed by atoms with van der Waals surface area (Å²) in [5.74, 6) is -0.206. The number of rotatable bonds is 8. The Hall–Kier alpha value is -1.90. The van der Waals surface area contributed by atoms with Crippen LogP contribution in [0.4, 0.5) is 5.69 Å². The third-order valence-corrected chi connectivity index (χ3v) is 8.02. The number of amides is 1. The third-order valence-electron chi connectivity index (χ3n) is 5.44. The minimum Gasteiger partial charge on any atom is -0.322 e. The van der Waals surface area contributed by atoms with Crippen molar-refractivity contribution >= 4 is 56.5 Å². The normalized spacial score (nSPS) is 14.0. The molecule has 0 saturated carbocycles. The first-order chi connectivity index (χ1) is 15.0. The smallest absolute Gasteiger partial charge is 0.263 e. The molecule has 3 heterocycles. The predicted molar refractivity (Wildman–Crippen MR) is 129 cm³/mol. The molecule has 0 saturated heterocycles. The van der Waals surface area contributed by atoms with E-state index in [0.717, 1.165) is 48.7 Å². The summed E-state index contributed by atoms with van der Waals surface area (Å²) >= 11 is 9.00. The number of nitrogens with zero attached hydrogens (tertiary/aromatic N) is 3. The molecule has 0 radical (unpaired) electrons. The zero-order valence-electron chi connectivity index (χ0n) is 17.6. The van der Waals surface area contributed by atoms with E-state index in [-0.39, 0.29) is 16.6 Å². The van der Waals surface area contributed by atoms with Gasteiger partial charge < -0.3 is 5.32 Å². The van der Waals surface area contributed by atoms with Crippen molar-refractivity contribution < 1.29 is 4.79 Å². The van der Waals surface area contributed by atoms with Crippen LogP contribution in [-0.2, 0) is 24.2 Å². The van der Waals surface area contributed by atoms with Crippen LogP contribution in [0.25, 0.3) is 10.2 Å². The SMILES string of the molecule is CCCCCn1c(SC(C)C(=O)Nc2cccnc2Cl)nc2sc3c(c2c1=O)CCC3. The van der Waals surface area contributed by atoms with Crippen LogP contribution in [0, 0.1) is 0 Å². The number of hydrogen-bond donors (Lipinski definition) is 1. The van der Waals surface area contributed by atoms with E-state index >= 15 is 0 Å². The lowest BCUT2D eigenvalue weighted by atomic mass is 10.2. The average molecular weight is 477 g/mol. The Kier molecular flexibility index (Phi) is 6.99. The second-order valence-corrected chi connectivity index (χ2v) is 10.4. The molecule has 4 rings (SSSR count). The number of nitrogens with one attached hydrogen (secondary N) is 1. The summed E-state index contributed by atoms with van der Waals surface area (Å²) in [7, 11) is 0. The summed E-state index contributed by atoms with van der Waals surface area (Å²) in [4.78, 5) is 37.1. The highest BCUT2D eigenvalue weighted by molar-refractivity contribution is 8.00. The van der Waals surface area contributed by atoms with Crippen LogP contribution in [-0.4, -0.2) is 25.7 Å². The Morgan fingerprint density at radius 3 is 3.00 bits per heavy atom. The average Bonchev–Trinajstić information content (AvgIpc) is 3.32. The highest BCUT2D eigenvalue weighted by Gasteiger charge is 2.25. The molecule has 0 aliphatic heterocycles. The van der Waals surface area contributed by atoms with Gasteiger partial charge in [0.25, 0.3) is 5.56 Å². The maximum absolute atomic E-state index is 13.4. The number of unbranched alkanes of at least 4 members (excludes halogenated alkanes) is 2. The van der Waals surface area contributed by atoms with Crippen LogP contribution in [0.15, 0.2) is 28.3 Å². The topological polar surface area (TPSA) is 76.9 Å². The number of carbonyl (C=O) groups is 1. The lowest BCUT2D eigenvalue weighted by Gasteiger charge is -2.16. The van der Waals surface area contributed by atoms with E-state index < -0.39 is 5.25 Å². The van der Waals surface area contributed by atoms with Crippen molar-refractivity contribution in [1.82, 2.24) is 14.5 Å². The zero-order valence-corrected chi connectivity index (χ0v) is 20.0. The van der Waals surface area contributed by atoms with Gasteiger partial charge in [0, 0.05) is 17.6 Å². The highest BCUT2D eigenvalue weighted by Crippen LogP contribution is 2.36. The summed E-state index contributed by atoms with van der Waals surface area (Å²) in [6.45, 7) is 4.57. The fourth-order valence-corrected chi connectivity index (χ4v) is 6.19. The Bertz CT molecular complexity index is 1170. The molecule has 0 spiro atoms. The summed E-state index contributed by atoms with van der Waals surface area (Å²) in [6, 6.07) is 3.43. The van der Waals surface area contributed by atoms with Crippen molar-refractivity contribution in [3.05, 3.63) is 44.3 Å². The molecule has 0 aromatic carbocycles. The molecule has 1 amide bonds. The van der Waals surface area contributed by atoms with Crippen LogP contribution in [0.3, 0.4) is 0 Å². The molecule has 1 unspecified atom stereocenters. The van der Waals surface area contributed by atoms with Crippen LogP contribution in [0.2, 0.25) is 5.15 Å². The number of hydrogen-bond acceptors (Lipinski definition) is 6. The van der Waals surface area contributed by atoms with Crippen LogP contribution in [0.1, 0.15) is 50.0 Å². The molecule has 0 bridgehead atoms. The minimum atomic E-state index is -0.454. The number of halogens is 1. The molecule has 31 heavy (non-hydrogen) atoms. The molecule has 1 aliphatic rings. The largest absolute Gasteiger partial charge is 0.322 e. The van der Waals surface area contributed by atoms with Gasteiger partial charge >= 0.3 is 0 Å². The van der Waals surface area contributed by atoms with Gasteiger partial charge in [0.15, 0.2) is 10.3 Å². The Morgan fingerprint density at radius 2 is 2.23 bits per heavy atom. The van der Waals surface area contributed by atoms with Gasteiger partial charge in [-0.25, -0.2) is 9.97 Å².